The highest BCUT2D eigenvalue weighted by Gasteiger charge is 2.46. The molecule has 0 unspecified atom stereocenters. The van der Waals surface area contributed by atoms with Gasteiger partial charge in [0.25, 0.3) is 5.91 Å². The first-order chi connectivity index (χ1) is 11.1. The normalized spacial score (nSPS) is 24.5. The fraction of sp³-hybridized carbons (Fsp3) is 0.722. The van der Waals surface area contributed by atoms with Crippen LogP contribution in [0.15, 0.2) is 12.1 Å². The van der Waals surface area contributed by atoms with Crippen LogP contribution in [0.2, 0.25) is 0 Å². The highest BCUT2D eigenvalue weighted by atomic mass is 32.1. The Balaban J connectivity index is 1.59. The summed E-state index contributed by atoms with van der Waals surface area (Å²) in [5.74, 6) is 0.212. The van der Waals surface area contributed by atoms with Gasteiger partial charge in [-0.25, -0.2) is 0 Å². The molecule has 0 bridgehead atoms. The van der Waals surface area contributed by atoms with Crippen LogP contribution < -0.4 is 0 Å². The zero-order chi connectivity index (χ0) is 16.4. The molecule has 1 atom stereocenters. The van der Waals surface area contributed by atoms with E-state index in [1.165, 1.54) is 17.7 Å². The molecule has 3 rings (SSSR count). The Morgan fingerprint density at radius 2 is 2.09 bits per heavy atom. The second-order valence-electron chi connectivity index (χ2n) is 6.89. The van der Waals surface area contributed by atoms with E-state index < -0.39 is 0 Å². The van der Waals surface area contributed by atoms with Crippen molar-refractivity contribution in [3.8, 4) is 0 Å². The Morgan fingerprint density at radius 1 is 1.35 bits per heavy atom. The number of likely N-dealkylation sites (N-methyl/N-ethyl adjacent to an activating group) is 1. The molecule has 4 nitrogen and oxygen atoms in total. The quantitative estimate of drug-likeness (QED) is 0.847. The number of ether oxygens (including phenoxy) is 1. The van der Waals surface area contributed by atoms with E-state index in [4.69, 9.17) is 4.74 Å². The molecule has 0 aliphatic carbocycles. The van der Waals surface area contributed by atoms with E-state index in [1.807, 2.05) is 17.0 Å². The van der Waals surface area contributed by atoms with Crippen LogP contribution in [-0.2, 0) is 4.74 Å². The van der Waals surface area contributed by atoms with E-state index in [-0.39, 0.29) is 11.4 Å². The number of likely N-dealkylation sites (tertiary alicyclic amines) is 2. The van der Waals surface area contributed by atoms with Crippen molar-refractivity contribution in [3.63, 3.8) is 0 Å². The average molecular weight is 337 g/mol. The lowest BCUT2D eigenvalue weighted by Gasteiger charge is -2.45. The van der Waals surface area contributed by atoms with Crippen molar-refractivity contribution in [1.29, 1.82) is 0 Å². The molecule has 2 aliphatic heterocycles. The van der Waals surface area contributed by atoms with Crippen molar-refractivity contribution in [3.05, 3.63) is 21.9 Å². The predicted molar refractivity (Wildman–Crippen MR) is 94.2 cm³/mol. The molecule has 0 radical (unpaired) electrons. The van der Waals surface area contributed by atoms with Crippen LogP contribution in [0.4, 0.5) is 0 Å². The average Bonchev–Trinajstić information content (AvgIpc) is 3.12. The molecule has 128 valence electrons. The van der Waals surface area contributed by atoms with Gasteiger partial charge >= 0.3 is 0 Å². The molecule has 23 heavy (non-hydrogen) atoms. The van der Waals surface area contributed by atoms with Crippen molar-refractivity contribution < 1.29 is 9.53 Å². The lowest BCUT2D eigenvalue weighted by atomic mass is 9.85. The second-order valence-corrected chi connectivity index (χ2v) is 8.18. The first-order valence-corrected chi connectivity index (χ1v) is 9.54. The summed E-state index contributed by atoms with van der Waals surface area (Å²) < 4.78 is 5.64. The molecule has 0 saturated carbocycles. The minimum absolute atomic E-state index is 0.212. The third-order valence-electron chi connectivity index (χ3n) is 5.69. The first-order valence-electron chi connectivity index (χ1n) is 8.72. The van der Waals surface area contributed by atoms with Gasteiger partial charge in [0.05, 0.1) is 11.5 Å². The molecule has 5 heteroatoms. The van der Waals surface area contributed by atoms with Crippen molar-refractivity contribution in [1.82, 2.24) is 9.80 Å². The molecule has 1 aromatic heterocycles. The summed E-state index contributed by atoms with van der Waals surface area (Å²) in [6.07, 6.45) is 4.63. The van der Waals surface area contributed by atoms with Crippen LogP contribution in [0.5, 0.6) is 0 Å². The van der Waals surface area contributed by atoms with E-state index >= 15 is 0 Å². The standard InChI is InChI=1S/C18H28N2O2S/c1-4-22-13-15-7-8-18(19(15)3)9-11-20(12-10-18)17(21)16-6-5-14(2)23-16/h5-6,15H,4,7-13H2,1-3H3/t15-/m1/s1. The number of amides is 1. The van der Waals surface area contributed by atoms with E-state index in [1.54, 1.807) is 11.3 Å². The number of carbonyl (C=O) groups is 1. The summed E-state index contributed by atoms with van der Waals surface area (Å²) in [6.45, 7) is 7.49. The van der Waals surface area contributed by atoms with Gasteiger partial charge in [-0.15, -0.1) is 11.3 Å². The molecular weight excluding hydrogens is 308 g/mol. The Labute approximate surface area is 143 Å². The van der Waals surface area contributed by atoms with Crippen LogP contribution in [0.3, 0.4) is 0 Å². The fourth-order valence-electron chi connectivity index (χ4n) is 4.08. The van der Waals surface area contributed by atoms with Gasteiger partial charge < -0.3 is 9.64 Å². The summed E-state index contributed by atoms with van der Waals surface area (Å²) in [7, 11) is 2.25. The highest BCUT2D eigenvalue weighted by molar-refractivity contribution is 7.13. The van der Waals surface area contributed by atoms with Crippen molar-refractivity contribution >= 4 is 17.2 Å². The van der Waals surface area contributed by atoms with Crippen LogP contribution >= 0.6 is 11.3 Å². The predicted octanol–water partition coefficient (Wildman–Crippen LogP) is 3.16. The van der Waals surface area contributed by atoms with E-state index in [2.05, 4.69) is 25.8 Å². The number of aryl methyl sites for hydroxylation is 1. The summed E-state index contributed by atoms with van der Waals surface area (Å²) in [6, 6.07) is 4.54. The number of thiophene rings is 1. The van der Waals surface area contributed by atoms with Gasteiger partial charge in [-0.2, -0.15) is 0 Å². The van der Waals surface area contributed by atoms with Crippen molar-refractivity contribution in [2.75, 3.05) is 33.4 Å². The molecule has 0 N–H and O–H groups in total. The molecular formula is C18H28N2O2S. The minimum atomic E-state index is 0.212. The lowest BCUT2D eigenvalue weighted by molar-refractivity contribution is 0.0212. The van der Waals surface area contributed by atoms with Gasteiger partial charge in [-0.05, 0) is 58.7 Å². The van der Waals surface area contributed by atoms with Gasteiger partial charge in [0.15, 0.2) is 0 Å². The Hall–Kier alpha value is -0.910. The zero-order valence-corrected chi connectivity index (χ0v) is 15.3. The van der Waals surface area contributed by atoms with Crippen LogP contribution in [-0.4, -0.2) is 60.6 Å². The first kappa shape index (κ1) is 16.9. The summed E-state index contributed by atoms with van der Waals surface area (Å²) in [4.78, 5) is 19.3. The van der Waals surface area contributed by atoms with Crippen molar-refractivity contribution in [2.24, 2.45) is 0 Å². The molecule has 2 saturated heterocycles. The molecule has 2 fully saturated rings. The number of carbonyl (C=O) groups excluding carboxylic acids is 1. The largest absolute Gasteiger partial charge is 0.380 e. The Morgan fingerprint density at radius 3 is 2.70 bits per heavy atom. The van der Waals surface area contributed by atoms with Gasteiger partial charge in [0.2, 0.25) is 0 Å². The van der Waals surface area contributed by atoms with E-state index in [9.17, 15) is 4.79 Å². The monoisotopic (exact) mass is 336 g/mol. The van der Waals surface area contributed by atoms with Gasteiger partial charge in [-0.3, -0.25) is 9.69 Å². The topological polar surface area (TPSA) is 32.8 Å². The molecule has 1 spiro atoms. The number of nitrogens with zero attached hydrogens (tertiary/aromatic N) is 2. The lowest BCUT2D eigenvalue weighted by Crippen LogP contribution is -2.54. The SMILES string of the molecule is CCOC[C@H]1CCC2(CCN(C(=O)c3ccc(C)s3)CC2)N1C. The van der Waals surface area contributed by atoms with E-state index in [0.29, 0.717) is 6.04 Å². The molecule has 1 aromatic rings. The number of rotatable bonds is 4. The minimum Gasteiger partial charge on any atom is -0.380 e. The molecule has 1 amide bonds. The number of hydrogen-bond donors (Lipinski definition) is 0. The molecule has 3 heterocycles. The maximum Gasteiger partial charge on any atom is 0.263 e. The third kappa shape index (κ3) is 3.32. The third-order valence-corrected chi connectivity index (χ3v) is 6.67. The van der Waals surface area contributed by atoms with Crippen LogP contribution in [0, 0.1) is 6.92 Å². The summed E-state index contributed by atoms with van der Waals surface area (Å²) in [5.41, 5.74) is 0.282. The fourth-order valence-corrected chi connectivity index (χ4v) is 4.91. The summed E-state index contributed by atoms with van der Waals surface area (Å²) in [5, 5.41) is 0. The maximum absolute atomic E-state index is 12.6. The Bertz CT molecular complexity index is 549. The number of piperidine rings is 1. The second kappa shape index (κ2) is 6.91. The van der Waals surface area contributed by atoms with Gasteiger partial charge in [0.1, 0.15) is 0 Å². The maximum atomic E-state index is 12.6. The van der Waals surface area contributed by atoms with Crippen LogP contribution in [0.25, 0.3) is 0 Å². The summed E-state index contributed by atoms with van der Waals surface area (Å²) >= 11 is 1.61. The van der Waals surface area contributed by atoms with E-state index in [0.717, 1.165) is 44.0 Å². The smallest absolute Gasteiger partial charge is 0.263 e. The zero-order valence-electron chi connectivity index (χ0n) is 14.5. The Kier molecular flexibility index (Phi) is 5.09. The molecule has 2 aliphatic rings. The van der Waals surface area contributed by atoms with Crippen molar-refractivity contribution in [2.45, 2.75) is 51.1 Å². The number of hydrogen-bond acceptors (Lipinski definition) is 4. The highest BCUT2D eigenvalue weighted by Crippen LogP contribution is 2.40. The van der Waals surface area contributed by atoms with Crippen LogP contribution in [0.1, 0.15) is 47.2 Å². The van der Waals surface area contributed by atoms with Gasteiger partial charge in [0, 0.05) is 36.2 Å². The molecule has 0 aromatic carbocycles. The van der Waals surface area contributed by atoms with Gasteiger partial charge in [-0.1, -0.05) is 0 Å².